The number of carbonyl (C=O) groups is 12. The van der Waals surface area contributed by atoms with E-state index in [9.17, 15) is 58.3 Å². The number of methoxy groups -OCH3 is 1. The molecule has 35 heteroatoms. The second-order valence-electron chi connectivity index (χ2n) is 25.7. The molecule has 1 aromatic rings. The lowest BCUT2D eigenvalue weighted by Crippen LogP contribution is -2.72. The number of nitrogens with one attached hydrogen (secondary N) is 1. The number of azide groups is 1. The maximum absolute atomic E-state index is 15.2. The van der Waals surface area contributed by atoms with Crippen molar-refractivity contribution >= 4 is 80.0 Å². The molecule has 548 valence electrons. The molecular weight excluding hydrogens is 1320 g/mol. The molecule has 16 atom stereocenters. The SMILES string of the molecule is CCC(CC)N(CC(=O)OC[C@H]1O[C@@H](O[Si](C)(C)C(C)(C)C)[C@H](N=[N+]=[N-])[C@@H](O[C@@H]2O[C@H](COC(C)=O)[C@H](OC(C)=O)[C@H](O[C@@]3(C(=O)OC)C[C@H](OC(C)=O)[C@@H](NC(C)=O)[C@@H]([C@H](OC(C)=O)[C@@H](COC(C)=O)OC(C)=O)O3)[C@H]2OC(=O)c2ccccc2)[C@H]1OC(C)=O)C(=O)OC(C)(C)C. The number of amides is 2. The fourth-order valence-electron chi connectivity index (χ4n) is 10.6. The average Bonchev–Trinajstić information content (AvgIpc) is 0.744. The lowest BCUT2D eigenvalue weighted by molar-refractivity contribution is -0.379. The van der Waals surface area contributed by atoms with Crippen molar-refractivity contribution in [3.05, 3.63) is 46.3 Å². The van der Waals surface area contributed by atoms with Crippen LogP contribution in [0.5, 0.6) is 0 Å². The zero-order valence-corrected chi connectivity index (χ0v) is 59.7. The number of carbonyl (C=O) groups excluding carboxylic acids is 12. The molecule has 2 amide bonds. The van der Waals surface area contributed by atoms with Gasteiger partial charge in [0, 0.05) is 66.3 Å². The highest BCUT2D eigenvalue weighted by molar-refractivity contribution is 6.74. The van der Waals surface area contributed by atoms with Gasteiger partial charge in [0.25, 0.3) is 5.79 Å². The molecular formula is C63H93N5O29Si. The zero-order valence-electron chi connectivity index (χ0n) is 58.7. The molecule has 0 saturated carbocycles. The second kappa shape index (κ2) is 36.2. The van der Waals surface area contributed by atoms with Crippen molar-refractivity contribution in [2.75, 3.05) is 33.5 Å². The molecule has 1 N–H and O–H groups in total. The minimum Gasteiger partial charge on any atom is -0.465 e. The van der Waals surface area contributed by atoms with Gasteiger partial charge in [-0.2, -0.15) is 0 Å². The first-order chi connectivity index (χ1) is 45.6. The lowest BCUT2D eigenvalue weighted by atomic mass is 9.87. The number of ether oxygens (including phenoxy) is 16. The molecule has 0 bridgehead atoms. The summed E-state index contributed by atoms with van der Waals surface area (Å²) in [6.07, 6.45) is -27.6. The van der Waals surface area contributed by atoms with Crippen molar-refractivity contribution < 1.29 is 138 Å². The minimum absolute atomic E-state index is 0.190. The zero-order chi connectivity index (χ0) is 73.9. The number of esters is 10. The van der Waals surface area contributed by atoms with E-state index in [1.165, 1.54) is 29.2 Å². The van der Waals surface area contributed by atoms with Crippen LogP contribution in [-0.4, -0.2) is 228 Å². The molecule has 3 saturated heterocycles. The molecule has 98 heavy (non-hydrogen) atoms. The summed E-state index contributed by atoms with van der Waals surface area (Å²) in [6, 6.07) is 2.98. The van der Waals surface area contributed by atoms with E-state index in [-0.39, 0.29) is 5.56 Å². The third-order valence-corrected chi connectivity index (χ3v) is 20.2. The topological polar surface area (TPSA) is 426 Å². The first kappa shape index (κ1) is 82.4. The van der Waals surface area contributed by atoms with Crippen LogP contribution in [0.3, 0.4) is 0 Å². The van der Waals surface area contributed by atoms with Crippen LogP contribution in [0, 0.1) is 0 Å². The Hall–Kier alpha value is -8.05. The third-order valence-electron chi connectivity index (χ3n) is 15.7. The Bertz CT molecular complexity index is 3040. The van der Waals surface area contributed by atoms with Crippen molar-refractivity contribution in [1.82, 2.24) is 10.2 Å². The van der Waals surface area contributed by atoms with Crippen LogP contribution in [0.4, 0.5) is 4.79 Å². The second-order valence-corrected chi connectivity index (χ2v) is 30.5. The van der Waals surface area contributed by atoms with Gasteiger partial charge in [-0.15, -0.1) is 0 Å². The minimum atomic E-state index is -3.24. The Morgan fingerprint density at radius 2 is 1.24 bits per heavy atom. The molecule has 0 aromatic heterocycles. The van der Waals surface area contributed by atoms with Crippen molar-refractivity contribution in [2.45, 2.75) is 257 Å². The van der Waals surface area contributed by atoms with Crippen molar-refractivity contribution in [3.8, 4) is 0 Å². The third kappa shape index (κ3) is 23.6. The van der Waals surface area contributed by atoms with E-state index < -0.39 is 227 Å². The number of hydrogen-bond donors (Lipinski definition) is 1. The quantitative estimate of drug-likeness (QED) is 0.0274. The van der Waals surface area contributed by atoms with E-state index in [1.54, 1.807) is 53.8 Å². The number of nitrogens with zero attached hydrogens (tertiary/aromatic N) is 4. The number of rotatable bonds is 29. The molecule has 4 rings (SSSR count). The molecule has 3 fully saturated rings. The van der Waals surface area contributed by atoms with Crippen molar-refractivity contribution in [2.24, 2.45) is 5.11 Å². The van der Waals surface area contributed by atoms with Crippen LogP contribution in [0.25, 0.3) is 10.4 Å². The Labute approximate surface area is 568 Å². The van der Waals surface area contributed by atoms with Crippen molar-refractivity contribution in [3.63, 3.8) is 0 Å². The van der Waals surface area contributed by atoms with Crippen LogP contribution in [-0.2, 0) is 128 Å². The van der Waals surface area contributed by atoms with Crippen LogP contribution in [0.2, 0.25) is 18.1 Å². The maximum atomic E-state index is 15.2. The van der Waals surface area contributed by atoms with E-state index in [1.807, 2.05) is 20.8 Å². The van der Waals surface area contributed by atoms with Gasteiger partial charge in [0.2, 0.25) is 5.91 Å². The van der Waals surface area contributed by atoms with E-state index in [2.05, 4.69) is 15.3 Å². The predicted molar refractivity (Wildman–Crippen MR) is 335 cm³/mol. The first-order valence-corrected chi connectivity index (χ1v) is 34.5. The molecule has 3 heterocycles. The fraction of sp³-hybridized carbons (Fsp3) is 0.714. The highest BCUT2D eigenvalue weighted by Crippen LogP contribution is 2.44. The molecule has 0 unspecified atom stereocenters. The summed E-state index contributed by atoms with van der Waals surface area (Å²) in [5.74, 6) is -15.3. The summed E-state index contributed by atoms with van der Waals surface area (Å²) in [5, 5.41) is 5.97. The highest BCUT2D eigenvalue weighted by Gasteiger charge is 2.65. The Morgan fingerprint density at radius 3 is 1.73 bits per heavy atom. The molecule has 1 aromatic carbocycles. The summed E-state index contributed by atoms with van der Waals surface area (Å²) in [7, 11) is -2.32. The van der Waals surface area contributed by atoms with Gasteiger partial charge >= 0.3 is 65.8 Å². The van der Waals surface area contributed by atoms with Gasteiger partial charge in [-0.05, 0) is 69.4 Å². The summed E-state index contributed by atoms with van der Waals surface area (Å²) < 4.78 is 103. The molecule has 34 nitrogen and oxygen atoms in total. The largest absolute Gasteiger partial charge is 0.465 e. The highest BCUT2D eigenvalue weighted by atomic mass is 28.4. The van der Waals surface area contributed by atoms with Gasteiger partial charge < -0.3 is 85.5 Å². The first-order valence-electron chi connectivity index (χ1n) is 31.5. The van der Waals surface area contributed by atoms with Gasteiger partial charge in [0.05, 0.1) is 25.1 Å². The van der Waals surface area contributed by atoms with E-state index in [0.717, 1.165) is 62.5 Å². The molecule has 3 aliphatic rings. The normalized spacial score (nSPS) is 26.1. The lowest BCUT2D eigenvalue weighted by Gasteiger charge is -2.52. The smallest absolute Gasteiger partial charge is 0.411 e. The van der Waals surface area contributed by atoms with Crippen molar-refractivity contribution in [1.29, 1.82) is 0 Å². The maximum Gasteiger partial charge on any atom is 0.411 e. The van der Waals surface area contributed by atoms with Crippen LogP contribution < -0.4 is 5.32 Å². The molecule has 0 aliphatic carbocycles. The summed E-state index contributed by atoms with van der Waals surface area (Å²) in [6.45, 7) is 22.1. The van der Waals surface area contributed by atoms with Gasteiger partial charge in [0.1, 0.15) is 74.6 Å². The summed E-state index contributed by atoms with van der Waals surface area (Å²) in [5.41, 5.74) is 9.31. The van der Waals surface area contributed by atoms with E-state index in [4.69, 9.17) is 80.2 Å². The van der Waals surface area contributed by atoms with Crippen LogP contribution >= 0.6 is 0 Å². The molecule has 3 aliphatic heterocycles. The summed E-state index contributed by atoms with van der Waals surface area (Å²) in [4.78, 5) is 167. The van der Waals surface area contributed by atoms with Gasteiger partial charge in [-0.3, -0.25) is 48.1 Å². The Kier molecular flexibility index (Phi) is 30.4. The monoisotopic (exact) mass is 1410 g/mol. The van der Waals surface area contributed by atoms with Crippen LogP contribution in [0.15, 0.2) is 35.4 Å². The summed E-state index contributed by atoms with van der Waals surface area (Å²) >= 11 is 0. The Morgan fingerprint density at radius 1 is 0.694 bits per heavy atom. The standard InChI is InChI=1S/C63H93N5O29Si/c1-20-41(21-2)68(60(80)96-61(11,12)13)28-46(77)84-31-45-49(87-37(8)74)52(48(66-67-64)57(90-45)97-98(18,19)62(14,15)16)93-58-55(92-56(78)40-25-23-22-24-26-40)54(51(89-39(10)76)44(91-58)30-83-34(5)71)95-63(59(79)81-17)27-42(85-35(6)72)47(65-32(3)69)53(94-63)50(88-38(9)75)43(86-36(7)73)29-82-33(4)70/h22-26,41-45,47-55,57-58H,20-21,27-31H2,1-19H3,(H,65,69)/t42-,43+,44+,45+,47+,48+,49-,50+,51-,52+,53-,54-,55+,57-,58-,63+/m0/s1. The predicted octanol–water partition coefficient (Wildman–Crippen LogP) is 5.05. The van der Waals surface area contributed by atoms with Gasteiger partial charge in [-0.25, -0.2) is 14.4 Å². The number of hydrogen-bond acceptors (Lipinski definition) is 30. The van der Waals surface area contributed by atoms with E-state index in [0.29, 0.717) is 12.8 Å². The average molecular weight is 1410 g/mol. The molecule has 0 radical (unpaired) electrons. The fourth-order valence-corrected chi connectivity index (χ4v) is 11.7. The molecule has 0 spiro atoms. The number of benzene rings is 1. The van der Waals surface area contributed by atoms with Gasteiger partial charge in [-0.1, -0.05) is 57.9 Å². The van der Waals surface area contributed by atoms with Crippen LogP contribution in [0.1, 0.15) is 140 Å². The van der Waals surface area contributed by atoms with Gasteiger partial charge in [0.15, 0.2) is 51.4 Å². The van der Waals surface area contributed by atoms with E-state index >= 15 is 4.79 Å². The Balaban J connectivity index is 2.19.